The summed E-state index contributed by atoms with van der Waals surface area (Å²) >= 11 is 12.0. The molecule has 2 aromatic rings. The predicted octanol–water partition coefficient (Wildman–Crippen LogP) is 3.49. The van der Waals surface area contributed by atoms with Gasteiger partial charge >= 0.3 is 6.03 Å². The van der Waals surface area contributed by atoms with Gasteiger partial charge in [-0.25, -0.2) is 4.79 Å². The zero-order chi connectivity index (χ0) is 22.8. The number of halogens is 2. The average molecular weight is 471 g/mol. The van der Waals surface area contributed by atoms with E-state index in [1.54, 1.807) is 30.2 Å². The number of urea groups is 1. The van der Waals surface area contributed by atoms with E-state index in [0.717, 1.165) is 5.69 Å². The summed E-state index contributed by atoms with van der Waals surface area (Å²) < 4.78 is 12.2. The molecule has 0 saturated carbocycles. The number of hydrogen-bond acceptors (Lipinski definition) is 4. The highest BCUT2D eigenvalue weighted by atomic mass is 35.5. The predicted molar refractivity (Wildman–Crippen MR) is 122 cm³/mol. The number of carbonyl (C=O) groups is 2. The lowest BCUT2D eigenvalue weighted by atomic mass is 10.3. The van der Waals surface area contributed by atoms with Crippen molar-refractivity contribution in [2.24, 2.45) is 7.05 Å². The maximum atomic E-state index is 13.1. The van der Waals surface area contributed by atoms with Gasteiger partial charge in [-0.05, 0) is 30.3 Å². The maximum absolute atomic E-state index is 13.1. The van der Waals surface area contributed by atoms with Crippen LogP contribution in [0, 0.1) is 0 Å². The lowest BCUT2D eigenvalue weighted by Gasteiger charge is -2.28. The smallest absolute Gasteiger partial charge is 0.322 e. The van der Waals surface area contributed by atoms with Crippen molar-refractivity contribution in [3.63, 3.8) is 0 Å². The average Bonchev–Trinajstić information content (AvgIpc) is 3.15. The van der Waals surface area contributed by atoms with Gasteiger partial charge in [-0.15, -0.1) is 0 Å². The van der Waals surface area contributed by atoms with Crippen molar-refractivity contribution in [3.05, 3.63) is 52.3 Å². The molecule has 3 amide bonds. The number of ether oxygens (including phenoxy) is 2. The van der Waals surface area contributed by atoms with E-state index in [4.69, 9.17) is 32.7 Å². The number of rotatable bonds is 11. The second-order valence-electron chi connectivity index (χ2n) is 6.89. The molecule has 0 aliphatic rings. The van der Waals surface area contributed by atoms with Crippen LogP contribution in [-0.2, 0) is 27.9 Å². The topological polar surface area (TPSA) is 76.0 Å². The number of hydrogen-bond donors (Lipinski definition) is 1. The van der Waals surface area contributed by atoms with Gasteiger partial charge in [-0.2, -0.15) is 0 Å². The lowest BCUT2D eigenvalue weighted by Crippen LogP contribution is -2.46. The molecule has 1 N–H and O–H groups in total. The van der Waals surface area contributed by atoms with Crippen molar-refractivity contribution in [2.75, 3.05) is 52.4 Å². The van der Waals surface area contributed by atoms with Gasteiger partial charge in [0, 0.05) is 51.9 Å². The molecule has 1 aromatic heterocycles. The molecule has 8 nitrogen and oxygen atoms in total. The third kappa shape index (κ3) is 7.74. The Morgan fingerprint density at radius 3 is 2.29 bits per heavy atom. The highest BCUT2D eigenvalue weighted by molar-refractivity contribution is 6.42. The normalized spacial score (nSPS) is 10.7. The number of aryl methyl sites for hydroxylation is 1. The molecule has 1 aromatic carbocycles. The van der Waals surface area contributed by atoms with E-state index in [1.165, 1.54) is 12.0 Å². The first kappa shape index (κ1) is 25.0. The monoisotopic (exact) mass is 470 g/mol. The maximum Gasteiger partial charge on any atom is 0.322 e. The molecule has 0 bridgehead atoms. The Bertz CT molecular complexity index is 875. The molecule has 0 fully saturated rings. The van der Waals surface area contributed by atoms with Crippen LogP contribution in [0.3, 0.4) is 0 Å². The quantitative estimate of drug-likeness (QED) is 0.545. The van der Waals surface area contributed by atoms with Crippen LogP contribution in [0.25, 0.3) is 0 Å². The van der Waals surface area contributed by atoms with Crippen molar-refractivity contribution >= 4 is 40.8 Å². The highest BCUT2D eigenvalue weighted by Gasteiger charge is 2.22. The Labute approximate surface area is 192 Å². The van der Waals surface area contributed by atoms with Gasteiger partial charge in [0.25, 0.3) is 0 Å². The SMILES string of the molecule is COCCN(Cc1cccn1C)C(=O)CN(CCOC)C(=O)Nc1ccc(Cl)c(Cl)c1. The first-order chi connectivity index (χ1) is 14.8. The summed E-state index contributed by atoms with van der Waals surface area (Å²) in [6.07, 6.45) is 1.92. The molecule has 0 spiro atoms. The van der Waals surface area contributed by atoms with Gasteiger partial charge in [0.2, 0.25) is 5.91 Å². The van der Waals surface area contributed by atoms with Crippen LogP contribution < -0.4 is 5.32 Å². The zero-order valence-corrected chi connectivity index (χ0v) is 19.4. The van der Waals surface area contributed by atoms with Gasteiger partial charge in [0.05, 0.1) is 29.8 Å². The van der Waals surface area contributed by atoms with Gasteiger partial charge in [0.15, 0.2) is 0 Å². The minimum absolute atomic E-state index is 0.106. The summed E-state index contributed by atoms with van der Waals surface area (Å²) in [6.45, 7) is 1.65. The van der Waals surface area contributed by atoms with E-state index in [1.807, 2.05) is 29.9 Å². The largest absolute Gasteiger partial charge is 0.383 e. The standard InChI is InChI=1S/C21H28Cl2N4O4/c1-25-8-4-5-17(25)14-26(9-11-30-2)20(28)15-27(10-12-31-3)21(29)24-16-6-7-18(22)19(23)13-16/h4-8,13H,9-12,14-15H2,1-3H3,(H,24,29). The van der Waals surface area contributed by atoms with E-state index in [2.05, 4.69) is 5.32 Å². The summed E-state index contributed by atoms with van der Waals surface area (Å²) in [5.41, 5.74) is 1.46. The lowest BCUT2D eigenvalue weighted by molar-refractivity contribution is -0.133. The van der Waals surface area contributed by atoms with E-state index >= 15 is 0 Å². The van der Waals surface area contributed by atoms with Crippen LogP contribution in [-0.4, -0.2) is 73.4 Å². The first-order valence-corrected chi connectivity index (χ1v) is 10.5. The van der Waals surface area contributed by atoms with Gasteiger partial charge in [-0.3, -0.25) is 4.79 Å². The number of methoxy groups -OCH3 is 2. The van der Waals surface area contributed by atoms with Crippen LogP contribution in [0.5, 0.6) is 0 Å². The molecule has 0 unspecified atom stereocenters. The molecule has 31 heavy (non-hydrogen) atoms. The number of anilines is 1. The second-order valence-corrected chi connectivity index (χ2v) is 7.71. The highest BCUT2D eigenvalue weighted by Crippen LogP contribution is 2.25. The van der Waals surface area contributed by atoms with Gasteiger partial charge in [-0.1, -0.05) is 23.2 Å². The fraction of sp³-hybridized carbons (Fsp3) is 0.429. The fourth-order valence-corrected chi connectivity index (χ4v) is 3.14. The van der Waals surface area contributed by atoms with Crippen molar-refractivity contribution in [1.82, 2.24) is 14.4 Å². The Kier molecular flexibility index (Phi) is 10.1. The van der Waals surface area contributed by atoms with E-state index < -0.39 is 6.03 Å². The zero-order valence-electron chi connectivity index (χ0n) is 17.9. The number of aromatic nitrogens is 1. The number of benzene rings is 1. The van der Waals surface area contributed by atoms with E-state index in [9.17, 15) is 9.59 Å². The molecule has 2 rings (SSSR count). The Morgan fingerprint density at radius 2 is 1.71 bits per heavy atom. The molecule has 0 atom stereocenters. The summed E-state index contributed by atoms with van der Waals surface area (Å²) in [5.74, 6) is -0.196. The second kappa shape index (κ2) is 12.6. The van der Waals surface area contributed by atoms with Crippen molar-refractivity contribution < 1.29 is 19.1 Å². The van der Waals surface area contributed by atoms with Crippen molar-refractivity contribution in [2.45, 2.75) is 6.54 Å². The molecule has 1 heterocycles. The van der Waals surface area contributed by atoms with Crippen LogP contribution in [0.2, 0.25) is 10.0 Å². The molecule has 10 heteroatoms. The van der Waals surface area contributed by atoms with Gasteiger partial charge in [0.1, 0.15) is 6.54 Å². The van der Waals surface area contributed by atoms with E-state index in [0.29, 0.717) is 35.4 Å². The summed E-state index contributed by atoms with van der Waals surface area (Å²) in [7, 11) is 5.04. The van der Waals surface area contributed by atoms with Crippen LogP contribution >= 0.6 is 23.2 Å². The van der Waals surface area contributed by atoms with Crippen LogP contribution in [0.15, 0.2) is 36.5 Å². The number of nitrogens with zero attached hydrogens (tertiary/aromatic N) is 3. The summed E-state index contributed by atoms with van der Waals surface area (Å²) in [6, 6.07) is 8.23. The fourth-order valence-electron chi connectivity index (χ4n) is 2.84. The van der Waals surface area contributed by atoms with E-state index in [-0.39, 0.29) is 25.6 Å². The number of nitrogens with one attached hydrogen (secondary N) is 1. The molecule has 0 saturated heterocycles. The molecule has 170 valence electrons. The molecule has 0 radical (unpaired) electrons. The minimum Gasteiger partial charge on any atom is -0.383 e. The molecular formula is C21H28Cl2N4O4. The number of amides is 3. The van der Waals surface area contributed by atoms with Crippen molar-refractivity contribution in [3.8, 4) is 0 Å². The molecule has 0 aliphatic heterocycles. The molecular weight excluding hydrogens is 443 g/mol. The Balaban J connectivity index is 2.11. The van der Waals surface area contributed by atoms with Crippen LogP contribution in [0.4, 0.5) is 10.5 Å². The Hall–Kier alpha value is -2.26. The van der Waals surface area contributed by atoms with Crippen molar-refractivity contribution in [1.29, 1.82) is 0 Å². The third-order valence-corrected chi connectivity index (χ3v) is 5.41. The molecule has 0 aliphatic carbocycles. The summed E-state index contributed by atoms with van der Waals surface area (Å²) in [4.78, 5) is 29.0. The summed E-state index contributed by atoms with van der Waals surface area (Å²) in [5, 5.41) is 3.47. The Morgan fingerprint density at radius 1 is 1.03 bits per heavy atom. The number of carbonyl (C=O) groups excluding carboxylic acids is 2. The van der Waals surface area contributed by atoms with Gasteiger partial charge < -0.3 is 29.2 Å². The third-order valence-electron chi connectivity index (χ3n) is 4.67. The minimum atomic E-state index is -0.436. The first-order valence-electron chi connectivity index (χ1n) is 9.72. The van der Waals surface area contributed by atoms with Crippen LogP contribution in [0.1, 0.15) is 5.69 Å².